The summed E-state index contributed by atoms with van der Waals surface area (Å²) in [6, 6.07) is 14.0. The van der Waals surface area contributed by atoms with Gasteiger partial charge in [0.1, 0.15) is 16.4 Å². The Kier molecular flexibility index (Phi) is 5.20. The summed E-state index contributed by atoms with van der Waals surface area (Å²) in [7, 11) is 0. The van der Waals surface area contributed by atoms with Gasteiger partial charge in [-0.3, -0.25) is 4.79 Å². The van der Waals surface area contributed by atoms with Crippen molar-refractivity contribution in [2.24, 2.45) is 4.99 Å². The van der Waals surface area contributed by atoms with E-state index in [2.05, 4.69) is 23.3 Å². The molecule has 0 saturated carbocycles. The number of aliphatic hydroxyl groups excluding tert-OH is 1. The van der Waals surface area contributed by atoms with Crippen LogP contribution in [0.2, 0.25) is 0 Å². The Hall–Kier alpha value is -2.27. The van der Waals surface area contributed by atoms with Crippen molar-refractivity contribution >= 4 is 39.2 Å². The van der Waals surface area contributed by atoms with E-state index in [9.17, 15) is 9.90 Å². The quantitative estimate of drug-likeness (QED) is 0.796. The van der Waals surface area contributed by atoms with Gasteiger partial charge in [-0.05, 0) is 29.3 Å². The van der Waals surface area contributed by atoms with Crippen molar-refractivity contribution in [2.75, 3.05) is 12.3 Å². The molecular formula is C19H20N2O2S. The molecule has 2 aromatic carbocycles. The number of carbonyl (C=O) groups is 1. The van der Waals surface area contributed by atoms with Gasteiger partial charge in [-0.15, -0.1) is 0 Å². The zero-order chi connectivity index (χ0) is 16.9. The van der Waals surface area contributed by atoms with Gasteiger partial charge < -0.3 is 10.4 Å². The predicted octanol–water partition coefficient (Wildman–Crippen LogP) is 4.35. The molecule has 1 heterocycles. The minimum atomic E-state index is -0.245. The van der Waals surface area contributed by atoms with Gasteiger partial charge in [0.15, 0.2) is 0 Å². The first-order valence-electron chi connectivity index (χ1n) is 8.10. The molecule has 0 radical (unpaired) electrons. The Morgan fingerprint density at radius 2 is 2.04 bits per heavy atom. The Morgan fingerprint density at radius 1 is 1.25 bits per heavy atom. The fourth-order valence-corrected chi connectivity index (χ4v) is 3.49. The maximum Gasteiger partial charge on any atom is 0.257 e. The van der Waals surface area contributed by atoms with Gasteiger partial charge >= 0.3 is 0 Å². The van der Waals surface area contributed by atoms with Crippen LogP contribution in [0.1, 0.15) is 19.8 Å². The number of benzene rings is 2. The lowest BCUT2D eigenvalue weighted by Gasteiger charge is -2.07. The maximum atomic E-state index is 12.3. The van der Waals surface area contributed by atoms with Crippen LogP contribution in [-0.4, -0.2) is 28.4 Å². The number of nitrogens with one attached hydrogen (secondary N) is 1. The van der Waals surface area contributed by atoms with E-state index in [1.165, 1.54) is 11.8 Å². The van der Waals surface area contributed by atoms with Crippen LogP contribution in [0.5, 0.6) is 0 Å². The number of aliphatic imine (C=N–C) groups is 1. The highest BCUT2D eigenvalue weighted by Crippen LogP contribution is 2.30. The number of rotatable bonds is 5. The normalized spacial score (nSPS) is 16.1. The summed E-state index contributed by atoms with van der Waals surface area (Å²) in [6.07, 6.45) is 1.93. The van der Waals surface area contributed by atoms with Crippen molar-refractivity contribution in [2.45, 2.75) is 19.8 Å². The number of hydrogen-bond donors (Lipinski definition) is 2. The lowest BCUT2D eigenvalue weighted by atomic mass is 10.1. The molecule has 0 aromatic heterocycles. The van der Waals surface area contributed by atoms with Crippen molar-refractivity contribution in [3.05, 3.63) is 53.8 Å². The van der Waals surface area contributed by atoms with Crippen LogP contribution >= 0.6 is 11.8 Å². The zero-order valence-corrected chi connectivity index (χ0v) is 14.4. The molecule has 24 heavy (non-hydrogen) atoms. The van der Waals surface area contributed by atoms with E-state index in [0.29, 0.717) is 22.9 Å². The molecule has 0 spiro atoms. The molecule has 1 aliphatic rings. The summed E-state index contributed by atoms with van der Waals surface area (Å²) in [4.78, 5) is 16.9. The van der Waals surface area contributed by atoms with Crippen molar-refractivity contribution in [1.29, 1.82) is 0 Å². The van der Waals surface area contributed by atoms with Gasteiger partial charge in [-0.1, -0.05) is 55.4 Å². The van der Waals surface area contributed by atoms with Crippen molar-refractivity contribution in [1.82, 2.24) is 5.32 Å². The number of aliphatic hydroxyl groups is 1. The van der Waals surface area contributed by atoms with E-state index in [4.69, 9.17) is 0 Å². The molecule has 0 atom stereocenters. The number of hydrogen-bond acceptors (Lipinski definition) is 4. The molecule has 3 rings (SSSR count). The van der Waals surface area contributed by atoms with Crippen molar-refractivity contribution in [3.8, 4) is 0 Å². The van der Waals surface area contributed by atoms with Gasteiger partial charge in [-0.2, -0.15) is 0 Å². The zero-order valence-electron chi connectivity index (χ0n) is 13.6. The SMILES string of the molecule is CCCCNC(=O)C1=C(O)CSC1=Nc1ccc2ccccc2c1. The fourth-order valence-electron chi connectivity index (χ4n) is 2.55. The molecule has 124 valence electrons. The van der Waals surface area contributed by atoms with Crippen molar-refractivity contribution in [3.63, 3.8) is 0 Å². The first-order chi connectivity index (χ1) is 11.7. The third-order valence-corrected chi connectivity index (χ3v) is 4.84. The van der Waals surface area contributed by atoms with Crippen LogP contribution in [0.4, 0.5) is 5.69 Å². The molecule has 4 nitrogen and oxygen atoms in total. The van der Waals surface area contributed by atoms with Crippen LogP contribution in [0.15, 0.2) is 58.8 Å². The van der Waals surface area contributed by atoms with Crippen LogP contribution in [0.3, 0.4) is 0 Å². The first kappa shape index (κ1) is 16.6. The number of unbranched alkanes of at least 4 members (excludes halogenated alkanes) is 1. The molecule has 0 fully saturated rings. The topological polar surface area (TPSA) is 61.7 Å². The average Bonchev–Trinajstić information content (AvgIpc) is 2.95. The molecule has 2 N–H and O–H groups in total. The maximum absolute atomic E-state index is 12.3. The average molecular weight is 340 g/mol. The Labute approximate surface area is 145 Å². The summed E-state index contributed by atoms with van der Waals surface area (Å²) in [5.41, 5.74) is 1.09. The smallest absolute Gasteiger partial charge is 0.257 e. The van der Waals surface area contributed by atoms with Gasteiger partial charge in [-0.25, -0.2) is 4.99 Å². The van der Waals surface area contributed by atoms with E-state index < -0.39 is 0 Å². The number of amides is 1. The molecule has 5 heteroatoms. The second-order valence-electron chi connectivity index (χ2n) is 5.67. The summed E-state index contributed by atoms with van der Waals surface area (Å²) < 4.78 is 0. The van der Waals surface area contributed by atoms with E-state index in [-0.39, 0.29) is 11.7 Å². The Balaban J connectivity index is 1.86. The van der Waals surface area contributed by atoms with E-state index in [0.717, 1.165) is 29.3 Å². The number of nitrogens with zero attached hydrogens (tertiary/aromatic N) is 1. The van der Waals surface area contributed by atoms with E-state index in [1.807, 2.05) is 36.4 Å². The van der Waals surface area contributed by atoms with Crippen molar-refractivity contribution < 1.29 is 9.90 Å². The molecule has 0 unspecified atom stereocenters. The second-order valence-corrected chi connectivity index (χ2v) is 6.63. The fraction of sp³-hybridized carbons (Fsp3) is 0.263. The molecule has 1 aliphatic heterocycles. The van der Waals surface area contributed by atoms with Crippen LogP contribution in [0.25, 0.3) is 10.8 Å². The van der Waals surface area contributed by atoms with Crippen LogP contribution in [0, 0.1) is 0 Å². The first-order valence-corrected chi connectivity index (χ1v) is 9.08. The Morgan fingerprint density at radius 3 is 2.83 bits per heavy atom. The minimum Gasteiger partial charge on any atom is -0.510 e. The highest BCUT2D eigenvalue weighted by molar-refractivity contribution is 8.15. The minimum absolute atomic E-state index is 0.105. The Bertz CT molecular complexity index is 827. The van der Waals surface area contributed by atoms with Gasteiger partial charge in [0.25, 0.3) is 5.91 Å². The molecular weight excluding hydrogens is 320 g/mol. The summed E-state index contributed by atoms with van der Waals surface area (Å²) >= 11 is 1.39. The van der Waals surface area contributed by atoms with E-state index >= 15 is 0 Å². The third-order valence-electron chi connectivity index (χ3n) is 3.85. The lowest BCUT2D eigenvalue weighted by Crippen LogP contribution is -2.28. The number of carbonyl (C=O) groups excluding carboxylic acids is 1. The lowest BCUT2D eigenvalue weighted by molar-refractivity contribution is -0.117. The van der Waals surface area contributed by atoms with Crippen LogP contribution < -0.4 is 5.32 Å². The number of thioether (sulfide) groups is 1. The molecule has 0 saturated heterocycles. The van der Waals surface area contributed by atoms with E-state index in [1.54, 1.807) is 0 Å². The monoisotopic (exact) mass is 340 g/mol. The number of fused-ring (bicyclic) bond motifs is 1. The highest BCUT2D eigenvalue weighted by atomic mass is 32.2. The highest BCUT2D eigenvalue weighted by Gasteiger charge is 2.27. The largest absolute Gasteiger partial charge is 0.510 e. The summed E-state index contributed by atoms with van der Waals surface area (Å²) in [6.45, 7) is 2.68. The van der Waals surface area contributed by atoms with Gasteiger partial charge in [0, 0.05) is 6.54 Å². The molecule has 1 amide bonds. The van der Waals surface area contributed by atoms with Crippen LogP contribution in [-0.2, 0) is 4.79 Å². The molecule has 0 bridgehead atoms. The summed E-state index contributed by atoms with van der Waals surface area (Å²) in [5, 5.41) is 15.7. The third kappa shape index (κ3) is 3.62. The van der Waals surface area contributed by atoms with Gasteiger partial charge in [0.05, 0.1) is 11.4 Å². The second kappa shape index (κ2) is 7.53. The molecule has 0 aliphatic carbocycles. The predicted molar refractivity (Wildman–Crippen MR) is 101 cm³/mol. The standard InChI is InChI=1S/C19H20N2O2S/c1-2-3-10-20-18(23)17-16(22)12-24-19(17)21-15-9-8-13-6-4-5-7-14(13)11-15/h4-9,11,22H,2-3,10,12H2,1H3,(H,20,23). The summed E-state index contributed by atoms with van der Waals surface area (Å²) in [5.74, 6) is 0.252. The van der Waals surface area contributed by atoms with Gasteiger partial charge in [0.2, 0.25) is 0 Å². The molecule has 2 aromatic rings.